The molecule has 0 aliphatic rings. The van der Waals surface area contributed by atoms with E-state index < -0.39 is 0 Å². The van der Waals surface area contributed by atoms with Crippen LogP contribution in [-0.4, -0.2) is 9.97 Å². The Balaban J connectivity index is 1.43. The average Bonchev–Trinajstić information content (AvgIpc) is 3.09. The quantitative estimate of drug-likeness (QED) is 0.201. The Hall–Kier alpha value is -5.60. The zero-order valence-corrected chi connectivity index (χ0v) is 24.9. The van der Waals surface area contributed by atoms with Gasteiger partial charge in [0, 0.05) is 22.3 Å². The molecule has 0 aliphatic carbocycles. The molecule has 2 aromatic heterocycles. The van der Waals surface area contributed by atoms with Gasteiger partial charge in [0.2, 0.25) is 0 Å². The highest BCUT2D eigenvalue weighted by Crippen LogP contribution is 2.37. The Bertz CT molecular complexity index is 1790. The molecule has 0 saturated heterocycles. The van der Waals surface area contributed by atoms with Crippen LogP contribution < -0.4 is 0 Å². The molecule has 0 saturated carbocycles. The van der Waals surface area contributed by atoms with Crippen molar-refractivity contribution in [1.82, 2.24) is 9.97 Å². The van der Waals surface area contributed by atoms with Crippen LogP contribution in [0.5, 0.6) is 0 Å². The van der Waals surface area contributed by atoms with Crippen LogP contribution in [0.15, 0.2) is 158 Å². The number of rotatable bonds is 6. The molecule has 2 heterocycles. The lowest BCUT2D eigenvalue weighted by atomic mass is 9.92. The van der Waals surface area contributed by atoms with Crippen LogP contribution in [0.3, 0.4) is 0 Å². The summed E-state index contributed by atoms with van der Waals surface area (Å²) in [6, 6.07) is 55.3. The normalized spacial score (nSPS) is 11.0. The molecule has 7 rings (SSSR count). The predicted octanol–water partition coefficient (Wildman–Crippen LogP) is 11.1. The maximum Gasteiger partial charge on any atom is 0.0718 e. The summed E-state index contributed by atoms with van der Waals surface area (Å²) in [6.07, 6.45) is 0. The van der Waals surface area contributed by atoms with Crippen molar-refractivity contribution in [2.24, 2.45) is 0 Å². The first-order valence-corrected chi connectivity index (χ1v) is 15.0. The first-order valence-electron chi connectivity index (χ1n) is 15.0. The molecule has 0 atom stereocenters. The van der Waals surface area contributed by atoms with Crippen molar-refractivity contribution in [2.45, 2.75) is 13.8 Å². The maximum atomic E-state index is 5.23. The zero-order chi connectivity index (χ0) is 29.9. The van der Waals surface area contributed by atoms with Gasteiger partial charge in [-0.1, -0.05) is 127 Å². The van der Waals surface area contributed by atoms with Crippen molar-refractivity contribution < 1.29 is 0 Å². The second kappa shape index (κ2) is 11.9. The van der Waals surface area contributed by atoms with E-state index in [0.29, 0.717) is 0 Å². The molecule has 0 spiro atoms. The average molecular weight is 565 g/mol. The van der Waals surface area contributed by atoms with Gasteiger partial charge >= 0.3 is 0 Å². The highest BCUT2D eigenvalue weighted by atomic mass is 14.7. The molecule has 0 radical (unpaired) electrons. The van der Waals surface area contributed by atoms with Crippen molar-refractivity contribution in [3.8, 4) is 67.3 Å². The van der Waals surface area contributed by atoms with Crippen LogP contribution in [0.25, 0.3) is 67.3 Å². The number of nitrogens with zero attached hydrogens (tertiary/aromatic N) is 2. The lowest BCUT2D eigenvalue weighted by Crippen LogP contribution is -1.97. The molecular formula is C42H32N2. The fourth-order valence-electron chi connectivity index (χ4n) is 5.85. The smallest absolute Gasteiger partial charge is 0.0718 e. The number of pyridine rings is 2. The minimum atomic E-state index is 0.950. The zero-order valence-electron chi connectivity index (χ0n) is 24.9. The number of hydrogen-bond acceptors (Lipinski definition) is 2. The van der Waals surface area contributed by atoms with Gasteiger partial charge in [0.25, 0.3) is 0 Å². The van der Waals surface area contributed by atoms with Gasteiger partial charge in [-0.15, -0.1) is 0 Å². The predicted molar refractivity (Wildman–Crippen MR) is 184 cm³/mol. The van der Waals surface area contributed by atoms with Crippen LogP contribution in [0.4, 0.5) is 0 Å². The van der Waals surface area contributed by atoms with E-state index in [1.54, 1.807) is 0 Å². The van der Waals surface area contributed by atoms with E-state index in [9.17, 15) is 0 Å². The standard InChI is InChI=1S/C42H32N2/c1-29-23-30(2)38(42-27-36(32-17-9-4-10-18-32)25-40(44-42)34-21-13-6-14-22-34)28-37(29)41-26-35(31-15-7-3-8-16-31)24-39(43-41)33-19-11-5-12-20-33/h3-28H,1-2H3. The molecule has 0 bridgehead atoms. The maximum absolute atomic E-state index is 5.23. The first kappa shape index (κ1) is 27.2. The van der Waals surface area contributed by atoms with E-state index in [4.69, 9.17) is 9.97 Å². The van der Waals surface area contributed by atoms with Gasteiger partial charge in [0.05, 0.1) is 22.8 Å². The topological polar surface area (TPSA) is 25.8 Å². The molecule has 7 aromatic rings. The van der Waals surface area contributed by atoms with Crippen LogP contribution in [0, 0.1) is 13.8 Å². The van der Waals surface area contributed by atoms with Crippen molar-refractivity contribution in [1.29, 1.82) is 0 Å². The molecule has 0 aliphatic heterocycles. The van der Waals surface area contributed by atoms with E-state index in [0.717, 1.165) is 56.2 Å². The van der Waals surface area contributed by atoms with Crippen molar-refractivity contribution >= 4 is 0 Å². The molecule has 0 amide bonds. The number of benzene rings is 5. The second-order valence-corrected chi connectivity index (χ2v) is 11.2. The summed E-state index contributed by atoms with van der Waals surface area (Å²) in [7, 11) is 0. The van der Waals surface area contributed by atoms with E-state index >= 15 is 0 Å². The second-order valence-electron chi connectivity index (χ2n) is 11.2. The number of aromatic nitrogens is 2. The minimum Gasteiger partial charge on any atom is -0.248 e. The van der Waals surface area contributed by atoms with E-state index in [2.05, 4.69) is 159 Å². The molecule has 0 N–H and O–H groups in total. The van der Waals surface area contributed by atoms with Crippen LogP contribution in [-0.2, 0) is 0 Å². The van der Waals surface area contributed by atoms with E-state index in [1.165, 1.54) is 22.3 Å². The Kier molecular flexibility index (Phi) is 7.40. The fourth-order valence-corrected chi connectivity index (χ4v) is 5.85. The highest BCUT2D eigenvalue weighted by molar-refractivity contribution is 5.83. The largest absolute Gasteiger partial charge is 0.248 e. The van der Waals surface area contributed by atoms with Gasteiger partial charge < -0.3 is 0 Å². The summed E-state index contributed by atoms with van der Waals surface area (Å²) in [4.78, 5) is 10.5. The monoisotopic (exact) mass is 564 g/mol. The van der Waals surface area contributed by atoms with Gasteiger partial charge in [-0.2, -0.15) is 0 Å². The summed E-state index contributed by atoms with van der Waals surface area (Å²) in [6.45, 7) is 4.35. The van der Waals surface area contributed by atoms with Crippen LogP contribution in [0.1, 0.15) is 11.1 Å². The Morgan fingerprint density at radius 1 is 0.295 bits per heavy atom. The highest BCUT2D eigenvalue weighted by Gasteiger charge is 2.16. The summed E-state index contributed by atoms with van der Waals surface area (Å²) in [5, 5.41) is 0. The SMILES string of the molecule is Cc1cc(C)c(-c2cc(-c3ccccc3)cc(-c3ccccc3)n2)cc1-c1cc(-c2ccccc2)cc(-c2ccccc2)n1. The molecule has 210 valence electrons. The Morgan fingerprint density at radius 2 is 0.614 bits per heavy atom. The van der Waals surface area contributed by atoms with Crippen LogP contribution in [0.2, 0.25) is 0 Å². The van der Waals surface area contributed by atoms with Gasteiger partial charge in [-0.3, -0.25) is 0 Å². The van der Waals surface area contributed by atoms with Crippen LogP contribution >= 0.6 is 0 Å². The van der Waals surface area contributed by atoms with Crippen molar-refractivity contribution in [2.75, 3.05) is 0 Å². The Morgan fingerprint density at radius 3 is 0.977 bits per heavy atom. The van der Waals surface area contributed by atoms with Crippen molar-refractivity contribution in [3.05, 3.63) is 169 Å². The summed E-state index contributed by atoms with van der Waals surface area (Å²) in [5.41, 5.74) is 15.2. The van der Waals surface area contributed by atoms with Gasteiger partial charge in [-0.05, 0) is 77.6 Å². The third-order valence-corrected chi connectivity index (χ3v) is 8.13. The summed E-state index contributed by atoms with van der Waals surface area (Å²) < 4.78 is 0. The molecule has 5 aromatic carbocycles. The molecule has 2 nitrogen and oxygen atoms in total. The molecular weight excluding hydrogens is 532 g/mol. The van der Waals surface area contributed by atoms with Crippen molar-refractivity contribution in [3.63, 3.8) is 0 Å². The number of aryl methyl sites for hydroxylation is 2. The van der Waals surface area contributed by atoms with Gasteiger partial charge in [0.15, 0.2) is 0 Å². The van der Waals surface area contributed by atoms with Gasteiger partial charge in [0.1, 0.15) is 0 Å². The molecule has 2 heteroatoms. The molecule has 0 fully saturated rings. The lowest BCUT2D eigenvalue weighted by Gasteiger charge is -2.16. The van der Waals surface area contributed by atoms with E-state index in [-0.39, 0.29) is 0 Å². The molecule has 0 unspecified atom stereocenters. The number of hydrogen-bond donors (Lipinski definition) is 0. The first-order chi connectivity index (χ1) is 21.6. The minimum absolute atomic E-state index is 0.950. The lowest BCUT2D eigenvalue weighted by molar-refractivity contribution is 1.27. The Labute approximate surface area is 259 Å². The van der Waals surface area contributed by atoms with Gasteiger partial charge in [-0.25, -0.2) is 9.97 Å². The summed E-state index contributed by atoms with van der Waals surface area (Å²) >= 11 is 0. The third-order valence-electron chi connectivity index (χ3n) is 8.13. The fraction of sp³-hybridized carbons (Fsp3) is 0.0476. The summed E-state index contributed by atoms with van der Waals surface area (Å²) in [5.74, 6) is 0. The van der Waals surface area contributed by atoms with E-state index in [1.807, 2.05) is 12.1 Å². The molecule has 44 heavy (non-hydrogen) atoms. The third kappa shape index (κ3) is 5.58.